The van der Waals surface area contributed by atoms with Crippen molar-refractivity contribution < 1.29 is 97.6 Å². The van der Waals surface area contributed by atoms with Gasteiger partial charge in [-0.1, -0.05) is 97.6 Å². The normalized spacial score (nSPS) is 14.9. The molecule has 0 spiro atoms. The van der Waals surface area contributed by atoms with E-state index in [4.69, 9.17) is 41.9 Å². The lowest BCUT2D eigenvalue weighted by Crippen LogP contribution is -2.54. The summed E-state index contributed by atoms with van der Waals surface area (Å²) < 4.78 is 39.3. The van der Waals surface area contributed by atoms with Crippen LogP contribution in [0.5, 0.6) is 23.0 Å². The molecule has 149 heavy (non-hydrogen) atoms. The fourth-order valence-electron chi connectivity index (χ4n) is 16.2. The van der Waals surface area contributed by atoms with Gasteiger partial charge in [-0.3, -0.25) is 82.4 Å². The first-order valence-corrected chi connectivity index (χ1v) is 50.6. The molecule has 8 aromatic rings. The molecule has 4 aromatic carbocycles. The van der Waals surface area contributed by atoms with E-state index < -0.39 is 83.7 Å². The van der Waals surface area contributed by atoms with Gasteiger partial charge in [-0.15, -0.1) is 22.7 Å². The van der Waals surface area contributed by atoms with Crippen LogP contribution in [0.4, 0.5) is 16.0 Å². The lowest BCUT2D eigenvalue weighted by molar-refractivity contribution is -0.138. The Morgan fingerprint density at radius 3 is 1.26 bits per heavy atom. The number of pyridine rings is 2. The van der Waals surface area contributed by atoms with E-state index in [0.29, 0.717) is 108 Å². The molecule has 2 unspecified atom stereocenters. The summed E-state index contributed by atoms with van der Waals surface area (Å²) in [6.07, 6.45) is 20.3. The summed E-state index contributed by atoms with van der Waals surface area (Å²) >= 11 is 3.33. The number of nitrogens with zero attached hydrogens (tertiary/aromatic N) is 7. The number of thiazole rings is 2. The van der Waals surface area contributed by atoms with E-state index >= 15 is 0 Å². The summed E-state index contributed by atoms with van der Waals surface area (Å²) in [6.45, 7) is 14.6. The van der Waals surface area contributed by atoms with Crippen LogP contribution >= 0.6 is 22.7 Å². The molecule has 4 saturated heterocycles. The molecule has 10 N–H and O–H groups in total. The third kappa shape index (κ3) is 36.5. The summed E-state index contributed by atoms with van der Waals surface area (Å²) in [5.41, 5.74) is 16.0. The van der Waals surface area contributed by atoms with Gasteiger partial charge in [-0.05, 0) is 275 Å². The molecule has 0 aliphatic carbocycles. The zero-order chi connectivity index (χ0) is 108. The smallest absolute Gasteiger partial charge is 0.303 e. The predicted molar refractivity (Wildman–Crippen MR) is 562 cm³/mol. The topological polar surface area (TPSA) is 452 Å². The molecule has 4 fully saturated rings. The van der Waals surface area contributed by atoms with Gasteiger partial charge in [0.2, 0.25) is 29.5 Å². The Kier molecular flexibility index (Phi) is 44.8. The van der Waals surface area contributed by atoms with Gasteiger partial charge in [0.15, 0.2) is 23.1 Å². The number of imide groups is 4. The van der Waals surface area contributed by atoms with Gasteiger partial charge in [-0.25, -0.2) is 19.9 Å². The molecule has 0 saturated carbocycles. The van der Waals surface area contributed by atoms with Crippen LogP contribution in [0.25, 0.3) is 20.9 Å². The third-order valence-electron chi connectivity index (χ3n) is 23.6. The number of hydrogen-bond acceptors (Lipinski definition) is 27. The van der Waals surface area contributed by atoms with Gasteiger partial charge >= 0.3 is 5.97 Å². The molecule has 4 aromatic heterocycles. The quantitative estimate of drug-likeness (QED) is 0.0103. The number of ketones is 2. The Balaban J connectivity index is 0.000000227. The molecular formula is C115H119FN12O19S2. The fraction of sp³-hybridized carbons (Fsp3) is 0.391. The minimum atomic E-state index is -1.09. The number of halogens is 1. The predicted octanol–water partition coefficient (Wildman–Crippen LogP) is 14.2. The number of benzene rings is 4. The number of carbonyl (C=O) groups is 12. The van der Waals surface area contributed by atoms with E-state index in [-0.39, 0.29) is 108 Å². The molecule has 2 atom stereocenters. The summed E-state index contributed by atoms with van der Waals surface area (Å²) in [4.78, 5) is 171. The van der Waals surface area contributed by atoms with Crippen LogP contribution in [0.15, 0.2) is 122 Å². The van der Waals surface area contributed by atoms with Crippen LogP contribution in [-0.2, 0) is 51.6 Å². The number of alkyl halides is 1. The number of aliphatic hydroxyl groups is 2. The number of amides is 9. The minimum Gasteiger partial charge on any atom is -0.493 e. The number of nitrogens with two attached hydrogens (primary N) is 2. The number of likely N-dealkylation sites (tertiary alicyclic amines) is 1. The van der Waals surface area contributed by atoms with E-state index in [1.54, 1.807) is 101 Å². The number of Topliss-reactive ketones (excluding diaryl/α,β-unsaturated/α-hetero) is 2. The number of aliphatic carboxylic acids is 1. The highest BCUT2D eigenvalue weighted by Crippen LogP contribution is 2.41. The number of rotatable bonds is 36. The second-order valence-corrected chi connectivity index (χ2v) is 38.2. The van der Waals surface area contributed by atoms with Crippen molar-refractivity contribution in [1.82, 2.24) is 50.6 Å². The van der Waals surface area contributed by atoms with Gasteiger partial charge in [0.1, 0.15) is 59.6 Å². The standard InChI is InChI=1S/C49H54N6O9S.C25H28N4O2S.C24H28N2O8.C16H6.CH3F/c1-49(2,62)22-19-31-10-7-11-32(26-31)30-64-39-27-34(28-51-44(39)50)40-29-52-46(65-40)33-20-23-54(24-21-33)42(58)16-8-13-35(56)12-5-3-4-6-25-63-38-15-9-14-36-43(38)48(61)55(47(36)60)37-17-18-41(57)53-45(37)59;1-25(2,30)9-6-17-4-3-5-18(12-17)16-31-21-13-20(14-28-23(21)26)22-15-29-24(32-22)19-7-10-27-11-8-19;27-15(8-5-11-20(29)30)7-3-1-2-4-14-34-18-10-6-9-16-21(18)24(33)26(23(16)32)17-12-13-19(28)25-22(17)31;1-3-5-7-9-11-13-15-16-14-12-10-8-6-4-2;1-2/h7,9-11,14-15,26-29,33,37,62H,3-6,8,12-13,16-18,20-21,23-25,30H2,1-2H3,(H2,50,51)(H,53,57,59);3-5,12-15,19,27,30H,7-8,10-11,16H2,1-2H3,(H2,26,28);6,9-10,17H,1-5,7-8,11-14H2,(H,29,30)(H,25,28,31);1-2H3;1H3/i;;;;1D. The fourth-order valence-corrected chi connectivity index (χ4v) is 18.3. The number of unbranched alkanes of at least 4 members (excludes halogenated alkanes) is 6. The van der Waals surface area contributed by atoms with Gasteiger partial charge in [-0.2, -0.15) is 0 Å². The molecule has 772 valence electrons. The van der Waals surface area contributed by atoms with E-state index in [1.165, 1.54) is 17.1 Å². The summed E-state index contributed by atoms with van der Waals surface area (Å²) in [7, 11) is -1.00. The highest BCUT2D eigenvalue weighted by molar-refractivity contribution is 7.15. The number of fused-ring (bicyclic) bond motifs is 2. The van der Waals surface area contributed by atoms with E-state index in [2.05, 4.69) is 137 Å². The number of aromatic nitrogens is 4. The van der Waals surface area contributed by atoms with E-state index in [0.717, 1.165) is 135 Å². The lowest BCUT2D eigenvalue weighted by Gasteiger charge is -2.31. The van der Waals surface area contributed by atoms with Crippen LogP contribution in [0, 0.1) is 107 Å². The number of piperidine rings is 4. The Hall–Kier alpha value is -16.1. The first-order chi connectivity index (χ1) is 72.2. The maximum atomic E-state index is 13.3. The van der Waals surface area contributed by atoms with E-state index in [1.807, 2.05) is 78.0 Å². The number of nitrogen functional groups attached to an aromatic ring is 2. The molecule has 6 aliphatic heterocycles. The average molecular weight is 2060 g/mol. The van der Waals surface area contributed by atoms with Crippen LogP contribution < -0.4 is 46.4 Å². The van der Waals surface area contributed by atoms with Crippen molar-refractivity contribution in [1.29, 1.82) is 0 Å². The summed E-state index contributed by atoms with van der Waals surface area (Å²) in [5.74, 6) is 45.0. The Morgan fingerprint density at radius 2 is 0.859 bits per heavy atom. The second-order valence-electron chi connectivity index (χ2n) is 36.1. The first-order valence-electron chi connectivity index (χ1n) is 49.7. The van der Waals surface area contributed by atoms with Crippen LogP contribution in [0.2, 0.25) is 0 Å². The van der Waals surface area contributed by atoms with Crippen molar-refractivity contribution in [2.45, 2.75) is 244 Å². The van der Waals surface area contributed by atoms with E-state index in [9.17, 15) is 72.1 Å². The maximum absolute atomic E-state index is 13.3. The molecule has 9 amide bonds. The minimum absolute atomic E-state index is 0.00561. The largest absolute Gasteiger partial charge is 0.493 e. The molecule has 0 radical (unpaired) electrons. The van der Waals surface area contributed by atoms with Gasteiger partial charge in [0.05, 0.1) is 63.8 Å². The van der Waals surface area contributed by atoms with Crippen molar-refractivity contribution in [3.8, 4) is 150 Å². The van der Waals surface area contributed by atoms with Crippen LogP contribution in [0.1, 0.15) is 283 Å². The number of carboxylic acid groups (broad SMARTS) is 1. The van der Waals surface area contributed by atoms with Crippen molar-refractivity contribution >= 4 is 105 Å². The first kappa shape index (κ1) is 113. The zero-order valence-corrected chi connectivity index (χ0v) is 85.7. The molecule has 6 aliphatic rings. The number of carboxylic acids is 1. The molecule has 34 heteroatoms. The Labute approximate surface area is 876 Å². The number of carbonyl (C=O) groups excluding carboxylic acids is 11. The highest BCUT2D eigenvalue weighted by atomic mass is 32.1. The number of ether oxygens (including phenoxy) is 4. The maximum Gasteiger partial charge on any atom is 0.303 e. The average Bonchev–Trinajstić information content (AvgIpc) is 1.60. The van der Waals surface area contributed by atoms with Crippen molar-refractivity contribution in [3.63, 3.8) is 0 Å². The number of hydrogen-bond donors (Lipinski definition) is 8. The van der Waals surface area contributed by atoms with Crippen molar-refractivity contribution in [2.75, 3.05) is 58.0 Å². The second kappa shape index (κ2) is 58.9. The number of nitrogens with one attached hydrogen (secondary N) is 3. The monoisotopic (exact) mass is 2060 g/mol. The van der Waals surface area contributed by atoms with Gasteiger partial charge < -0.3 is 56.0 Å². The molecule has 10 heterocycles. The highest BCUT2D eigenvalue weighted by Gasteiger charge is 2.48. The van der Waals surface area contributed by atoms with Gasteiger partial charge in [0, 0.05) is 123 Å². The van der Waals surface area contributed by atoms with Crippen molar-refractivity contribution in [3.05, 3.63) is 176 Å². The molecule has 0 bridgehead atoms. The van der Waals surface area contributed by atoms with Crippen LogP contribution in [0.3, 0.4) is 0 Å². The van der Waals surface area contributed by atoms with Gasteiger partial charge in [0.25, 0.3) is 23.6 Å². The Morgan fingerprint density at radius 1 is 0.470 bits per heavy atom. The molecular weight excluding hydrogens is 1940 g/mol. The SMILES string of the molecule is CC#CC#CC#CC#CC#CC#CC#CC.CC(C)(O)C#Cc1cccc(COc2cc(-c3cnc(C4CCN(C(=O)CCCC(=O)CCCCCCOc5cccc6c5C(=O)N(C5CCC(=O)NC5=O)C6=O)CC4)s3)cnc2N)c1.CC(C)(O)C#Cc1cccc(COc2cc(-c3cnc(C4CCNCC4)s3)cnc2N)c1.O=C(O)CCCC(=O)CCCCCCOc1cccc2c1C(=O)N(C1CCC(=O)NC1=O)C2=O.[2H]CF. The van der Waals surface area contributed by atoms with Crippen LogP contribution in [-0.4, -0.2) is 190 Å². The Bertz CT molecular complexity index is 6820. The summed E-state index contributed by atoms with van der Waals surface area (Å²) in [5, 5.41) is 38.3. The molecule has 14 rings (SSSR count). The molecule has 31 nitrogen and oxygen atoms in total. The zero-order valence-electron chi connectivity index (χ0n) is 85.0. The lowest BCUT2D eigenvalue weighted by atomic mass is 9.97. The summed E-state index contributed by atoms with van der Waals surface area (Å²) in [6, 6.07) is 26.6. The number of anilines is 2. The third-order valence-corrected chi connectivity index (χ3v) is 26.1. The van der Waals surface area contributed by atoms with Crippen molar-refractivity contribution in [2.24, 2.45) is 0 Å².